The molecule has 1 rings (SSSR count). The fraction of sp³-hybridized carbons (Fsp3) is 1.00. The molecule has 4 atom stereocenters. The molecule has 1 saturated heterocycles. The molecule has 0 aromatic rings. The Morgan fingerprint density at radius 2 is 1.94 bits per heavy atom. The molecular weight excluding hydrogens is 248 g/mol. The predicted molar refractivity (Wildman–Crippen MR) is 46.4 cm³/mol. The van der Waals surface area contributed by atoms with Crippen molar-refractivity contribution in [1.29, 1.82) is 0 Å². The lowest BCUT2D eigenvalue weighted by Crippen LogP contribution is -2.46. The maximum absolute atomic E-state index is 10.2. The molecule has 0 amide bonds. The van der Waals surface area contributed by atoms with E-state index in [1.54, 1.807) is 0 Å². The van der Waals surface area contributed by atoms with Crippen molar-refractivity contribution in [2.45, 2.75) is 24.1 Å². The SMILES string of the molecule is O=S(=O)(O)OCC1OC(O)(CO)C(O)C1O. The molecule has 9 nitrogen and oxygen atoms in total. The van der Waals surface area contributed by atoms with Gasteiger partial charge in [-0.05, 0) is 0 Å². The summed E-state index contributed by atoms with van der Waals surface area (Å²) < 4.78 is 37.2. The Hall–Kier alpha value is -0.330. The zero-order valence-corrected chi connectivity index (χ0v) is 8.74. The van der Waals surface area contributed by atoms with Crippen LogP contribution >= 0.6 is 0 Å². The van der Waals surface area contributed by atoms with Gasteiger partial charge in [0, 0.05) is 0 Å². The number of aliphatic hydroxyl groups excluding tert-OH is 3. The second kappa shape index (κ2) is 4.50. The average molecular weight is 260 g/mol. The summed E-state index contributed by atoms with van der Waals surface area (Å²) in [4.78, 5) is 0. The van der Waals surface area contributed by atoms with E-state index in [0.717, 1.165) is 0 Å². The molecule has 5 N–H and O–H groups in total. The van der Waals surface area contributed by atoms with E-state index in [1.807, 2.05) is 0 Å². The first-order valence-corrected chi connectivity index (χ1v) is 5.55. The van der Waals surface area contributed by atoms with Crippen LogP contribution in [-0.2, 0) is 19.3 Å². The van der Waals surface area contributed by atoms with Crippen LogP contribution in [0.3, 0.4) is 0 Å². The lowest BCUT2D eigenvalue weighted by atomic mass is 10.1. The van der Waals surface area contributed by atoms with E-state index in [4.69, 9.17) is 9.66 Å². The molecule has 10 heteroatoms. The molecule has 0 aromatic heterocycles. The molecule has 16 heavy (non-hydrogen) atoms. The molecule has 4 unspecified atom stereocenters. The molecule has 0 aromatic carbocycles. The second-order valence-electron chi connectivity index (χ2n) is 3.31. The molecule has 1 fully saturated rings. The van der Waals surface area contributed by atoms with E-state index in [0.29, 0.717) is 0 Å². The summed E-state index contributed by atoms with van der Waals surface area (Å²) in [7, 11) is -4.71. The van der Waals surface area contributed by atoms with E-state index >= 15 is 0 Å². The van der Waals surface area contributed by atoms with Gasteiger partial charge in [0.25, 0.3) is 0 Å². The van der Waals surface area contributed by atoms with Crippen LogP contribution in [0.2, 0.25) is 0 Å². The van der Waals surface area contributed by atoms with Crippen molar-refractivity contribution in [2.24, 2.45) is 0 Å². The summed E-state index contributed by atoms with van der Waals surface area (Å²) in [5, 5.41) is 36.7. The van der Waals surface area contributed by atoms with Crippen LogP contribution < -0.4 is 0 Å². The Morgan fingerprint density at radius 1 is 1.38 bits per heavy atom. The summed E-state index contributed by atoms with van der Waals surface area (Å²) in [6, 6.07) is 0. The molecule has 96 valence electrons. The van der Waals surface area contributed by atoms with E-state index in [-0.39, 0.29) is 0 Å². The Balaban J connectivity index is 2.65. The van der Waals surface area contributed by atoms with Gasteiger partial charge in [0.15, 0.2) is 0 Å². The fourth-order valence-corrected chi connectivity index (χ4v) is 1.59. The highest BCUT2D eigenvalue weighted by Crippen LogP contribution is 2.29. The Bertz CT molecular complexity index is 340. The molecule has 0 spiro atoms. The maximum Gasteiger partial charge on any atom is 0.397 e. The topological polar surface area (TPSA) is 154 Å². The fourth-order valence-electron chi connectivity index (χ4n) is 1.29. The van der Waals surface area contributed by atoms with Gasteiger partial charge < -0.3 is 25.2 Å². The Morgan fingerprint density at radius 3 is 2.31 bits per heavy atom. The van der Waals surface area contributed by atoms with Crippen molar-refractivity contribution in [3.05, 3.63) is 0 Å². The molecule has 1 aliphatic heterocycles. The second-order valence-corrected chi connectivity index (χ2v) is 4.40. The van der Waals surface area contributed by atoms with Crippen LogP contribution in [-0.4, -0.2) is 70.7 Å². The first-order valence-electron chi connectivity index (χ1n) is 4.18. The molecule has 1 heterocycles. The minimum Gasteiger partial charge on any atom is -0.391 e. The van der Waals surface area contributed by atoms with Gasteiger partial charge in [-0.2, -0.15) is 8.42 Å². The largest absolute Gasteiger partial charge is 0.397 e. The first-order chi connectivity index (χ1) is 7.19. The molecule has 1 aliphatic rings. The van der Waals surface area contributed by atoms with Crippen molar-refractivity contribution >= 4 is 10.4 Å². The van der Waals surface area contributed by atoms with Gasteiger partial charge in [-0.1, -0.05) is 0 Å². The standard InChI is InChI=1S/C6H12O9S/c7-2-6(10)5(9)4(8)3(15-6)1-14-16(11,12)13/h3-5,7-10H,1-2H2,(H,11,12,13). The average Bonchev–Trinajstić information content (AvgIpc) is 2.40. The van der Waals surface area contributed by atoms with E-state index < -0.39 is 47.7 Å². The van der Waals surface area contributed by atoms with Crippen LogP contribution in [0.15, 0.2) is 0 Å². The summed E-state index contributed by atoms with van der Waals surface area (Å²) in [6.45, 7) is -1.80. The Labute approximate surface area is 90.8 Å². The van der Waals surface area contributed by atoms with Gasteiger partial charge in [0.05, 0.1) is 13.2 Å². The monoisotopic (exact) mass is 260 g/mol. The van der Waals surface area contributed by atoms with Crippen LogP contribution in [0, 0.1) is 0 Å². The maximum atomic E-state index is 10.2. The number of ether oxygens (including phenoxy) is 1. The van der Waals surface area contributed by atoms with Crippen LogP contribution in [0.1, 0.15) is 0 Å². The predicted octanol–water partition coefficient (Wildman–Crippen LogP) is -3.39. The summed E-state index contributed by atoms with van der Waals surface area (Å²) in [5.41, 5.74) is 0. The van der Waals surface area contributed by atoms with Crippen LogP contribution in [0.4, 0.5) is 0 Å². The van der Waals surface area contributed by atoms with Gasteiger partial charge in [0.2, 0.25) is 5.79 Å². The molecule has 0 aliphatic carbocycles. The highest BCUT2D eigenvalue weighted by atomic mass is 32.3. The molecule has 0 saturated carbocycles. The van der Waals surface area contributed by atoms with E-state index in [2.05, 4.69) is 8.92 Å². The van der Waals surface area contributed by atoms with Gasteiger partial charge >= 0.3 is 10.4 Å². The third kappa shape index (κ3) is 2.87. The van der Waals surface area contributed by atoms with Crippen LogP contribution in [0.25, 0.3) is 0 Å². The lowest BCUT2D eigenvalue weighted by molar-refractivity contribution is -0.247. The number of aliphatic hydroxyl groups is 4. The van der Waals surface area contributed by atoms with Crippen molar-refractivity contribution in [2.75, 3.05) is 13.2 Å². The van der Waals surface area contributed by atoms with Crippen LogP contribution in [0.5, 0.6) is 0 Å². The minimum atomic E-state index is -4.71. The molecule has 0 bridgehead atoms. The highest BCUT2D eigenvalue weighted by molar-refractivity contribution is 7.80. The third-order valence-electron chi connectivity index (χ3n) is 2.13. The van der Waals surface area contributed by atoms with Crippen molar-refractivity contribution < 1.29 is 42.3 Å². The Kier molecular flexibility index (Phi) is 3.87. The molecule has 0 radical (unpaired) electrons. The van der Waals surface area contributed by atoms with Gasteiger partial charge in [0.1, 0.15) is 18.3 Å². The highest BCUT2D eigenvalue weighted by Gasteiger charge is 2.53. The number of rotatable bonds is 4. The minimum absolute atomic E-state index is 0.806. The van der Waals surface area contributed by atoms with E-state index in [9.17, 15) is 23.7 Å². The third-order valence-corrected chi connectivity index (χ3v) is 2.56. The smallest absolute Gasteiger partial charge is 0.391 e. The lowest BCUT2D eigenvalue weighted by Gasteiger charge is -2.22. The molecular formula is C6H12O9S. The summed E-state index contributed by atoms with van der Waals surface area (Å²) in [5.74, 6) is -2.38. The van der Waals surface area contributed by atoms with Crippen molar-refractivity contribution in [1.82, 2.24) is 0 Å². The van der Waals surface area contributed by atoms with Crippen molar-refractivity contribution in [3.8, 4) is 0 Å². The zero-order chi connectivity index (χ0) is 12.6. The summed E-state index contributed by atoms with van der Waals surface area (Å²) >= 11 is 0. The van der Waals surface area contributed by atoms with Gasteiger partial charge in [-0.25, -0.2) is 4.18 Å². The number of hydrogen-bond donors (Lipinski definition) is 5. The van der Waals surface area contributed by atoms with Crippen molar-refractivity contribution in [3.63, 3.8) is 0 Å². The first kappa shape index (κ1) is 13.7. The normalized spacial score (nSPS) is 40.2. The van der Waals surface area contributed by atoms with Gasteiger partial charge in [-0.15, -0.1) is 0 Å². The van der Waals surface area contributed by atoms with E-state index in [1.165, 1.54) is 0 Å². The van der Waals surface area contributed by atoms with Gasteiger partial charge in [-0.3, -0.25) is 4.55 Å². The number of hydrogen-bond acceptors (Lipinski definition) is 8. The summed E-state index contributed by atoms with van der Waals surface area (Å²) in [6.07, 6.45) is -4.86. The zero-order valence-electron chi connectivity index (χ0n) is 7.92. The quantitative estimate of drug-likeness (QED) is 0.325.